The average molecular weight is 231 g/mol. The highest BCUT2D eigenvalue weighted by Crippen LogP contribution is 2.38. The monoisotopic (exact) mass is 231 g/mol. The minimum atomic E-state index is 0.386. The Kier molecular flexibility index (Phi) is 4.22. The largest absolute Gasteiger partial charge is 0.319 e. The maximum Gasteiger partial charge on any atom is 0.00777 e. The highest BCUT2D eigenvalue weighted by molar-refractivity contribution is 5.30. The van der Waals surface area contributed by atoms with Crippen LogP contribution in [0.3, 0.4) is 0 Å². The van der Waals surface area contributed by atoms with Crippen LogP contribution in [0.2, 0.25) is 0 Å². The molecule has 0 atom stereocenters. The number of hydrogen-bond acceptors (Lipinski definition) is 1. The minimum Gasteiger partial charge on any atom is -0.319 e. The summed E-state index contributed by atoms with van der Waals surface area (Å²) in [6.45, 7) is 3.32. The summed E-state index contributed by atoms with van der Waals surface area (Å²) in [6, 6.07) is 9.14. The standard InChI is InChI=1S/C16H25N/c1-14-8-7-9-15(12-14)16(13-17-2)10-5-3-4-6-11-16/h7-9,12,17H,3-6,10-11,13H2,1-2H3. The predicted octanol–water partition coefficient (Wildman–Crippen LogP) is 3.81. The van der Waals surface area contributed by atoms with Crippen LogP contribution in [0.5, 0.6) is 0 Å². The van der Waals surface area contributed by atoms with E-state index in [1.165, 1.54) is 44.1 Å². The number of benzene rings is 1. The van der Waals surface area contributed by atoms with Crippen molar-refractivity contribution >= 4 is 0 Å². The maximum atomic E-state index is 3.42. The molecule has 17 heavy (non-hydrogen) atoms. The molecule has 1 aliphatic carbocycles. The van der Waals surface area contributed by atoms with E-state index >= 15 is 0 Å². The van der Waals surface area contributed by atoms with Gasteiger partial charge in [0.1, 0.15) is 0 Å². The molecule has 0 bridgehead atoms. The summed E-state index contributed by atoms with van der Waals surface area (Å²) in [6.07, 6.45) is 8.29. The van der Waals surface area contributed by atoms with Gasteiger partial charge in [0, 0.05) is 12.0 Å². The molecular weight excluding hydrogens is 206 g/mol. The van der Waals surface area contributed by atoms with Gasteiger partial charge in [-0.25, -0.2) is 0 Å². The van der Waals surface area contributed by atoms with Crippen molar-refractivity contribution in [2.75, 3.05) is 13.6 Å². The van der Waals surface area contributed by atoms with Gasteiger partial charge in [-0.15, -0.1) is 0 Å². The second-order valence-electron chi connectivity index (χ2n) is 5.59. The molecule has 0 heterocycles. The van der Waals surface area contributed by atoms with E-state index in [0.29, 0.717) is 5.41 Å². The number of nitrogens with one attached hydrogen (secondary N) is 1. The van der Waals surface area contributed by atoms with Gasteiger partial charge >= 0.3 is 0 Å². The van der Waals surface area contributed by atoms with Crippen LogP contribution >= 0.6 is 0 Å². The lowest BCUT2D eigenvalue weighted by molar-refractivity contribution is 0.357. The van der Waals surface area contributed by atoms with Gasteiger partial charge in [0.25, 0.3) is 0 Å². The number of rotatable bonds is 3. The third-order valence-corrected chi connectivity index (χ3v) is 4.21. The molecular formula is C16H25N. The maximum absolute atomic E-state index is 3.42. The fourth-order valence-electron chi connectivity index (χ4n) is 3.29. The highest BCUT2D eigenvalue weighted by atomic mass is 14.8. The van der Waals surface area contributed by atoms with Gasteiger partial charge in [0.15, 0.2) is 0 Å². The van der Waals surface area contributed by atoms with Crippen molar-refractivity contribution < 1.29 is 0 Å². The predicted molar refractivity (Wildman–Crippen MR) is 74.5 cm³/mol. The molecule has 0 saturated heterocycles. The first-order valence-corrected chi connectivity index (χ1v) is 6.99. The Hall–Kier alpha value is -0.820. The second-order valence-corrected chi connectivity index (χ2v) is 5.59. The molecule has 1 fully saturated rings. The minimum absolute atomic E-state index is 0.386. The van der Waals surface area contributed by atoms with Crippen LogP contribution in [0.4, 0.5) is 0 Å². The van der Waals surface area contributed by atoms with Crippen LogP contribution in [0, 0.1) is 6.92 Å². The van der Waals surface area contributed by atoms with Crippen molar-refractivity contribution in [3.63, 3.8) is 0 Å². The molecule has 0 radical (unpaired) electrons. The molecule has 1 saturated carbocycles. The molecule has 0 unspecified atom stereocenters. The smallest absolute Gasteiger partial charge is 0.00777 e. The lowest BCUT2D eigenvalue weighted by Gasteiger charge is -2.33. The van der Waals surface area contributed by atoms with Crippen molar-refractivity contribution in [1.82, 2.24) is 5.32 Å². The highest BCUT2D eigenvalue weighted by Gasteiger charge is 2.31. The van der Waals surface area contributed by atoms with Crippen LogP contribution < -0.4 is 5.32 Å². The van der Waals surface area contributed by atoms with Gasteiger partial charge in [-0.1, -0.05) is 55.5 Å². The first kappa shape index (κ1) is 12.6. The van der Waals surface area contributed by atoms with E-state index in [9.17, 15) is 0 Å². The molecule has 2 rings (SSSR count). The van der Waals surface area contributed by atoms with Crippen molar-refractivity contribution in [2.45, 2.75) is 50.9 Å². The fraction of sp³-hybridized carbons (Fsp3) is 0.625. The number of aryl methyl sites for hydroxylation is 1. The lowest BCUT2D eigenvalue weighted by atomic mass is 9.74. The van der Waals surface area contributed by atoms with E-state index in [-0.39, 0.29) is 0 Å². The Labute approximate surface area is 106 Å². The van der Waals surface area contributed by atoms with E-state index < -0.39 is 0 Å². The quantitative estimate of drug-likeness (QED) is 0.780. The van der Waals surface area contributed by atoms with Crippen LogP contribution in [-0.2, 0) is 5.41 Å². The molecule has 1 nitrogen and oxygen atoms in total. The van der Waals surface area contributed by atoms with Gasteiger partial charge in [-0.05, 0) is 32.4 Å². The first-order chi connectivity index (χ1) is 8.27. The van der Waals surface area contributed by atoms with Crippen molar-refractivity contribution in [3.8, 4) is 0 Å². The Morgan fingerprint density at radius 1 is 1.12 bits per heavy atom. The van der Waals surface area contributed by atoms with Gasteiger partial charge in [-0.3, -0.25) is 0 Å². The topological polar surface area (TPSA) is 12.0 Å². The molecule has 1 heteroatoms. The van der Waals surface area contributed by atoms with Crippen molar-refractivity contribution in [1.29, 1.82) is 0 Å². The summed E-state index contributed by atoms with van der Waals surface area (Å²) in [5.74, 6) is 0. The van der Waals surface area contributed by atoms with Gasteiger partial charge < -0.3 is 5.32 Å². The number of hydrogen-bond donors (Lipinski definition) is 1. The Morgan fingerprint density at radius 2 is 1.82 bits per heavy atom. The van der Waals surface area contributed by atoms with Gasteiger partial charge in [0.2, 0.25) is 0 Å². The Morgan fingerprint density at radius 3 is 2.41 bits per heavy atom. The summed E-state index contributed by atoms with van der Waals surface area (Å²) < 4.78 is 0. The summed E-state index contributed by atoms with van der Waals surface area (Å²) >= 11 is 0. The van der Waals surface area contributed by atoms with E-state index in [1.807, 2.05) is 0 Å². The van der Waals surface area contributed by atoms with Crippen LogP contribution in [0.1, 0.15) is 49.7 Å². The van der Waals surface area contributed by atoms with E-state index in [4.69, 9.17) is 0 Å². The summed E-state index contributed by atoms with van der Waals surface area (Å²) in [4.78, 5) is 0. The molecule has 0 spiro atoms. The summed E-state index contributed by atoms with van der Waals surface area (Å²) in [5.41, 5.74) is 3.33. The molecule has 1 aromatic carbocycles. The summed E-state index contributed by atoms with van der Waals surface area (Å²) in [5, 5.41) is 3.42. The van der Waals surface area contributed by atoms with Gasteiger partial charge in [-0.2, -0.15) is 0 Å². The second kappa shape index (κ2) is 5.68. The first-order valence-electron chi connectivity index (χ1n) is 6.99. The number of likely N-dealkylation sites (N-methyl/N-ethyl adjacent to an activating group) is 1. The Bertz CT molecular complexity index is 348. The van der Waals surface area contributed by atoms with Crippen LogP contribution in [0.25, 0.3) is 0 Å². The molecule has 94 valence electrons. The zero-order valence-electron chi connectivity index (χ0n) is 11.3. The molecule has 1 aromatic rings. The molecule has 1 aliphatic rings. The van der Waals surface area contributed by atoms with Crippen molar-refractivity contribution in [3.05, 3.63) is 35.4 Å². The SMILES string of the molecule is CNCC1(c2cccc(C)c2)CCCCCC1. The van der Waals surface area contributed by atoms with Gasteiger partial charge in [0.05, 0.1) is 0 Å². The summed E-state index contributed by atoms with van der Waals surface area (Å²) in [7, 11) is 2.09. The normalized spacial score (nSPS) is 19.9. The Balaban J connectivity index is 2.31. The molecule has 0 aromatic heterocycles. The molecule has 0 amide bonds. The van der Waals surface area contributed by atoms with Crippen LogP contribution in [-0.4, -0.2) is 13.6 Å². The van der Waals surface area contributed by atoms with E-state index in [0.717, 1.165) is 6.54 Å². The lowest BCUT2D eigenvalue weighted by Crippen LogP contribution is -2.36. The molecule has 1 N–H and O–H groups in total. The zero-order valence-corrected chi connectivity index (χ0v) is 11.3. The molecule has 0 aliphatic heterocycles. The fourth-order valence-corrected chi connectivity index (χ4v) is 3.29. The van der Waals surface area contributed by atoms with Crippen LogP contribution in [0.15, 0.2) is 24.3 Å². The third-order valence-electron chi connectivity index (χ3n) is 4.21. The van der Waals surface area contributed by atoms with Crippen molar-refractivity contribution in [2.24, 2.45) is 0 Å². The van der Waals surface area contributed by atoms with E-state index in [1.54, 1.807) is 5.56 Å². The average Bonchev–Trinajstić information content (AvgIpc) is 2.56. The van der Waals surface area contributed by atoms with E-state index in [2.05, 4.69) is 43.6 Å². The third kappa shape index (κ3) is 2.90. The zero-order chi connectivity index (χ0) is 12.1.